The lowest BCUT2D eigenvalue weighted by Crippen LogP contribution is -2.68. The van der Waals surface area contributed by atoms with Crippen LogP contribution in [0.1, 0.15) is 49.3 Å². The van der Waals surface area contributed by atoms with Crippen LogP contribution in [0.5, 0.6) is 0 Å². The molecule has 3 N–H and O–H groups in total. The Morgan fingerprint density at radius 1 is 1.26 bits per heavy atom. The number of fused-ring (bicyclic) bond motifs is 1. The Kier molecular flexibility index (Phi) is 5.49. The molecule has 8 rings (SSSR count). The minimum atomic E-state index is -1.34. The molecule has 0 unspecified atom stereocenters. The Morgan fingerprint density at radius 2 is 2.10 bits per heavy atom. The molecule has 0 spiro atoms. The first kappa shape index (κ1) is 23.9. The van der Waals surface area contributed by atoms with Crippen LogP contribution in [0.25, 0.3) is 16.8 Å². The van der Waals surface area contributed by atoms with Crippen LogP contribution in [-0.2, 0) is 4.74 Å². The predicted molar refractivity (Wildman–Crippen MR) is 140 cm³/mol. The smallest absolute Gasteiger partial charge is 0.407 e. The van der Waals surface area contributed by atoms with E-state index < -0.39 is 24.3 Å². The van der Waals surface area contributed by atoms with Gasteiger partial charge >= 0.3 is 6.09 Å². The molecule has 0 saturated heterocycles. The summed E-state index contributed by atoms with van der Waals surface area (Å²) in [6.45, 7) is 0. The molecule has 0 radical (unpaired) electrons. The largest absolute Gasteiger partial charge is 0.443 e. The number of carbonyl (C=O) groups excluding carboxylic acids is 1. The fraction of sp³-hybridized carbons (Fsp3) is 0.370. The minimum Gasteiger partial charge on any atom is -0.443 e. The van der Waals surface area contributed by atoms with Crippen molar-refractivity contribution in [3.63, 3.8) is 0 Å². The molecule has 4 aliphatic carbocycles. The zero-order valence-electron chi connectivity index (χ0n) is 20.7. The van der Waals surface area contributed by atoms with Crippen molar-refractivity contribution in [3.05, 3.63) is 59.0 Å². The first-order chi connectivity index (χ1) is 18.9. The molecule has 3 atom stereocenters. The van der Waals surface area contributed by atoms with Crippen LogP contribution >= 0.6 is 11.6 Å². The standard InChI is InChI=1S/C27H24ClFN8O2/c28-22-8-20-25(31-19(13-37(20)36-22)16-3-1-2-14(6-16)12-30)32-23-7-18(34-35-23)17-4-5-21(24(17)29)39-26(38)33-27-9-15(10-27)11-27/h1-3,6-8,13,15,17,21,24H,4-5,9-11H2,(H,33,38)(H2,31,32,34,35)/t15?,17-,21-,24-,27?/m1/s1. The molecule has 39 heavy (non-hydrogen) atoms. The van der Waals surface area contributed by atoms with Crippen molar-refractivity contribution in [2.75, 3.05) is 5.32 Å². The van der Waals surface area contributed by atoms with E-state index in [2.05, 4.69) is 32.0 Å². The number of ether oxygens (including phenoxy) is 1. The van der Waals surface area contributed by atoms with Crippen LogP contribution in [-0.4, -0.2) is 48.7 Å². The number of aromatic amines is 1. The van der Waals surface area contributed by atoms with Crippen LogP contribution in [0.15, 0.2) is 42.6 Å². The van der Waals surface area contributed by atoms with E-state index in [9.17, 15) is 10.1 Å². The Bertz CT molecular complexity index is 1630. The summed E-state index contributed by atoms with van der Waals surface area (Å²) in [7, 11) is 0. The number of nitriles is 1. The van der Waals surface area contributed by atoms with Gasteiger partial charge in [0.1, 0.15) is 17.8 Å². The molecule has 4 aliphatic rings. The third kappa shape index (κ3) is 4.25. The fourth-order valence-corrected chi connectivity index (χ4v) is 6.23. The summed E-state index contributed by atoms with van der Waals surface area (Å²) in [5.74, 6) is 1.14. The number of alkyl halides is 1. The van der Waals surface area contributed by atoms with Crippen molar-refractivity contribution < 1.29 is 13.9 Å². The molecule has 1 aromatic carbocycles. The van der Waals surface area contributed by atoms with Gasteiger partial charge < -0.3 is 15.4 Å². The number of alkyl carbamates (subject to hydrolysis) is 1. The first-order valence-electron chi connectivity index (χ1n) is 12.9. The predicted octanol–water partition coefficient (Wildman–Crippen LogP) is 5.25. The maximum absolute atomic E-state index is 15.4. The number of hydrogen-bond acceptors (Lipinski definition) is 7. The van der Waals surface area contributed by atoms with Gasteiger partial charge in [0, 0.05) is 34.8 Å². The van der Waals surface area contributed by atoms with Crippen LogP contribution < -0.4 is 10.6 Å². The lowest BCUT2D eigenvalue weighted by atomic mass is 9.50. The van der Waals surface area contributed by atoms with E-state index in [0.717, 1.165) is 30.7 Å². The van der Waals surface area contributed by atoms with Gasteiger partial charge in [0.25, 0.3) is 0 Å². The van der Waals surface area contributed by atoms with Crippen LogP contribution in [0.4, 0.5) is 20.8 Å². The normalized spacial score (nSPS) is 26.9. The van der Waals surface area contributed by atoms with Crippen molar-refractivity contribution in [3.8, 4) is 17.3 Å². The molecule has 0 aliphatic heterocycles. The number of aromatic nitrogens is 5. The van der Waals surface area contributed by atoms with Gasteiger partial charge in [-0.05, 0) is 50.2 Å². The number of nitrogens with one attached hydrogen (secondary N) is 3. The van der Waals surface area contributed by atoms with E-state index in [1.54, 1.807) is 41.0 Å². The second-order valence-electron chi connectivity index (χ2n) is 10.8. The number of halogens is 2. The molecule has 12 heteroatoms. The number of hydrogen-bond donors (Lipinski definition) is 3. The van der Waals surface area contributed by atoms with Gasteiger partial charge in [-0.25, -0.2) is 18.7 Å². The van der Waals surface area contributed by atoms with E-state index in [4.69, 9.17) is 21.3 Å². The first-order valence-corrected chi connectivity index (χ1v) is 13.3. The lowest BCUT2D eigenvalue weighted by Gasteiger charge is -2.61. The highest BCUT2D eigenvalue weighted by atomic mass is 35.5. The van der Waals surface area contributed by atoms with Gasteiger partial charge in [0.2, 0.25) is 0 Å². The number of H-pyrrole nitrogens is 1. The van der Waals surface area contributed by atoms with E-state index in [0.29, 0.717) is 52.1 Å². The third-order valence-electron chi connectivity index (χ3n) is 8.12. The Hall–Kier alpha value is -4.17. The summed E-state index contributed by atoms with van der Waals surface area (Å²) in [6, 6.07) is 12.6. The Morgan fingerprint density at radius 3 is 2.87 bits per heavy atom. The molecule has 10 nitrogen and oxygen atoms in total. The average molecular weight is 547 g/mol. The number of anilines is 2. The summed E-state index contributed by atoms with van der Waals surface area (Å²) in [4.78, 5) is 17.1. The van der Waals surface area contributed by atoms with Gasteiger partial charge in [-0.3, -0.25) is 5.10 Å². The highest BCUT2D eigenvalue weighted by Gasteiger charge is 2.58. The highest BCUT2D eigenvalue weighted by molar-refractivity contribution is 6.29. The minimum absolute atomic E-state index is 0.107. The zero-order valence-corrected chi connectivity index (χ0v) is 21.5. The Balaban J connectivity index is 1.08. The van der Waals surface area contributed by atoms with Crippen molar-refractivity contribution in [1.29, 1.82) is 5.26 Å². The summed E-state index contributed by atoms with van der Waals surface area (Å²) in [5.41, 5.74) is 2.95. The van der Waals surface area contributed by atoms with Gasteiger partial charge in [-0.1, -0.05) is 23.7 Å². The lowest BCUT2D eigenvalue weighted by molar-refractivity contribution is -0.0532. The van der Waals surface area contributed by atoms with Gasteiger partial charge in [0.15, 0.2) is 16.8 Å². The molecular formula is C27H24ClFN8O2. The molecule has 2 bridgehead atoms. The summed E-state index contributed by atoms with van der Waals surface area (Å²) < 4.78 is 22.4. The van der Waals surface area contributed by atoms with E-state index in [1.807, 2.05) is 6.07 Å². The molecule has 4 fully saturated rings. The topological polar surface area (TPSA) is 133 Å². The molecule has 4 saturated carbocycles. The summed E-state index contributed by atoms with van der Waals surface area (Å²) in [6.07, 6.45) is 3.04. The summed E-state index contributed by atoms with van der Waals surface area (Å²) >= 11 is 6.17. The van der Waals surface area contributed by atoms with Crippen LogP contribution in [0.2, 0.25) is 5.15 Å². The second-order valence-corrected chi connectivity index (χ2v) is 11.1. The van der Waals surface area contributed by atoms with Gasteiger partial charge in [-0.15, -0.1) is 0 Å². The quantitative estimate of drug-likeness (QED) is 0.301. The number of benzene rings is 1. The fourth-order valence-electron chi connectivity index (χ4n) is 6.04. The Labute approximate surface area is 227 Å². The van der Waals surface area contributed by atoms with Gasteiger partial charge in [0.05, 0.1) is 23.5 Å². The molecule has 4 aromatic rings. The SMILES string of the molecule is N#Cc1cccc(-c2cn3nc(Cl)cc3c(Nc3cc([C@H]4CC[C@@H](OC(=O)NC56CC(C5)C6)[C@@H]4F)[nH]n3)n2)c1. The van der Waals surface area contributed by atoms with E-state index in [1.165, 1.54) is 0 Å². The second kappa shape index (κ2) is 8.95. The van der Waals surface area contributed by atoms with Crippen molar-refractivity contribution >= 4 is 34.8 Å². The molecule has 3 heterocycles. The van der Waals surface area contributed by atoms with E-state index >= 15 is 4.39 Å². The highest BCUT2D eigenvalue weighted by Crippen LogP contribution is 2.57. The maximum Gasteiger partial charge on any atom is 0.407 e. The maximum atomic E-state index is 15.4. The third-order valence-corrected chi connectivity index (χ3v) is 8.31. The molecule has 3 aromatic heterocycles. The van der Waals surface area contributed by atoms with Crippen molar-refractivity contribution in [2.45, 2.75) is 55.8 Å². The summed E-state index contributed by atoms with van der Waals surface area (Å²) in [5, 5.41) is 27.2. The molecule has 1 amide bonds. The number of amides is 1. The van der Waals surface area contributed by atoms with Crippen molar-refractivity contribution in [2.24, 2.45) is 5.92 Å². The number of carbonyl (C=O) groups is 1. The van der Waals surface area contributed by atoms with Crippen LogP contribution in [0.3, 0.4) is 0 Å². The molecule has 198 valence electrons. The average Bonchev–Trinajstić information content (AvgIpc) is 3.59. The van der Waals surface area contributed by atoms with E-state index in [-0.39, 0.29) is 5.54 Å². The van der Waals surface area contributed by atoms with Crippen LogP contribution in [0, 0.1) is 17.2 Å². The monoisotopic (exact) mass is 546 g/mol. The van der Waals surface area contributed by atoms with Crippen molar-refractivity contribution in [1.82, 2.24) is 30.1 Å². The zero-order chi connectivity index (χ0) is 26.7. The number of rotatable bonds is 6. The number of nitrogens with zero attached hydrogens (tertiary/aromatic N) is 5. The van der Waals surface area contributed by atoms with Gasteiger partial charge in [-0.2, -0.15) is 15.5 Å². The molecular weight excluding hydrogens is 523 g/mol.